The van der Waals surface area contributed by atoms with Crippen LogP contribution in [0.15, 0.2) is 35.1 Å². The first-order valence-corrected chi connectivity index (χ1v) is 6.88. The third-order valence-electron chi connectivity index (χ3n) is 3.05. The molecule has 3 N–H and O–H groups in total. The summed E-state index contributed by atoms with van der Waals surface area (Å²) in [6.45, 7) is 2.86. The Morgan fingerprint density at radius 2 is 2.18 bits per heavy atom. The molecular formula is C14H17N5O3. The topological polar surface area (TPSA) is 116 Å². The lowest BCUT2D eigenvalue weighted by molar-refractivity contribution is -0.384. The average Bonchev–Trinajstić information content (AvgIpc) is 2.53. The smallest absolute Gasteiger partial charge is 0.273 e. The summed E-state index contributed by atoms with van der Waals surface area (Å²) in [5.74, 6) is 0. The van der Waals surface area contributed by atoms with Crippen LogP contribution in [0.4, 0.5) is 11.4 Å². The molecule has 8 nitrogen and oxygen atoms in total. The summed E-state index contributed by atoms with van der Waals surface area (Å²) in [7, 11) is 0. The van der Waals surface area contributed by atoms with Crippen molar-refractivity contribution in [1.29, 1.82) is 0 Å². The van der Waals surface area contributed by atoms with Gasteiger partial charge in [0.05, 0.1) is 22.0 Å². The number of benzene rings is 1. The number of hydrogen-bond donors (Lipinski definition) is 2. The molecule has 0 aliphatic heterocycles. The molecule has 0 aliphatic carbocycles. The number of nitrogens with two attached hydrogens (primary N) is 1. The predicted octanol–water partition coefficient (Wildman–Crippen LogP) is 1.42. The normalized spacial score (nSPS) is 10.5. The maximum atomic E-state index is 12.2. The predicted molar refractivity (Wildman–Crippen MR) is 83.2 cm³/mol. The molecule has 1 aromatic heterocycles. The fourth-order valence-electron chi connectivity index (χ4n) is 1.98. The van der Waals surface area contributed by atoms with E-state index >= 15 is 0 Å². The quantitative estimate of drug-likeness (QED) is 0.616. The van der Waals surface area contributed by atoms with Crippen molar-refractivity contribution in [3.63, 3.8) is 0 Å². The molecule has 2 rings (SSSR count). The summed E-state index contributed by atoms with van der Waals surface area (Å²) < 4.78 is 1.12. The van der Waals surface area contributed by atoms with Gasteiger partial charge in [0.1, 0.15) is 0 Å². The number of non-ortho nitro benzene ring substituents is 1. The van der Waals surface area contributed by atoms with Gasteiger partial charge in [-0.3, -0.25) is 14.9 Å². The number of rotatable bonds is 6. The van der Waals surface area contributed by atoms with Crippen molar-refractivity contribution in [2.45, 2.75) is 19.9 Å². The summed E-state index contributed by atoms with van der Waals surface area (Å²) >= 11 is 0. The van der Waals surface area contributed by atoms with Crippen LogP contribution in [0.5, 0.6) is 0 Å². The van der Waals surface area contributed by atoms with Gasteiger partial charge in [0.25, 0.3) is 11.2 Å². The van der Waals surface area contributed by atoms with Crippen molar-refractivity contribution in [3.05, 3.63) is 56.5 Å². The highest BCUT2D eigenvalue weighted by Crippen LogP contribution is 2.16. The van der Waals surface area contributed by atoms with Crippen molar-refractivity contribution in [2.75, 3.05) is 11.9 Å². The molecule has 0 saturated heterocycles. The molecule has 0 unspecified atom stereocenters. The van der Waals surface area contributed by atoms with E-state index in [0.717, 1.165) is 11.1 Å². The molecule has 0 spiro atoms. The average molecular weight is 303 g/mol. The Labute approximate surface area is 126 Å². The molecule has 0 radical (unpaired) electrons. The number of anilines is 1. The van der Waals surface area contributed by atoms with Gasteiger partial charge in [-0.05, 0) is 12.5 Å². The molecule has 0 saturated carbocycles. The number of nitro benzene ring substituents is 1. The second-order valence-corrected chi connectivity index (χ2v) is 4.66. The largest absolute Gasteiger partial charge is 0.383 e. The molecule has 0 aliphatic rings. The van der Waals surface area contributed by atoms with Crippen LogP contribution in [0.3, 0.4) is 0 Å². The van der Waals surface area contributed by atoms with E-state index in [4.69, 9.17) is 5.73 Å². The van der Waals surface area contributed by atoms with E-state index in [1.165, 1.54) is 24.3 Å². The Bertz CT molecular complexity index is 741. The first kappa shape index (κ1) is 15.6. The number of nitrogens with zero attached hydrogens (tertiary/aromatic N) is 3. The number of aromatic nitrogens is 2. The molecule has 22 heavy (non-hydrogen) atoms. The van der Waals surface area contributed by atoms with E-state index in [1.54, 1.807) is 6.07 Å². The van der Waals surface area contributed by atoms with Gasteiger partial charge in [-0.2, -0.15) is 9.78 Å². The van der Waals surface area contributed by atoms with Gasteiger partial charge in [0.2, 0.25) is 0 Å². The van der Waals surface area contributed by atoms with Crippen molar-refractivity contribution in [1.82, 2.24) is 9.78 Å². The molecule has 2 aromatic rings. The first-order chi connectivity index (χ1) is 10.6. The zero-order chi connectivity index (χ0) is 16.1. The number of nitrogens with one attached hydrogen (secondary N) is 1. The Balaban J connectivity index is 2.50. The standard InChI is InChI=1S/C14H17N5O3/c1-2-6-16-12-8-14(20)18(17-13(12)9-15)10-4-3-5-11(7-10)19(21)22/h3-5,7-8,16H,2,6,9,15H2,1H3. The molecule has 8 heteroatoms. The summed E-state index contributed by atoms with van der Waals surface area (Å²) in [6.07, 6.45) is 0.901. The second-order valence-electron chi connectivity index (χ2n) is 4.66. The second kappa shape index (κ2) is 6.81. The van der Waals surface area contributed by atoms with Crippen LogP contribution in [0.25, 0.3) is 5.69 Å². The molecule has 116 valence electrons. The van der Waals surface area contributed by atoms with Crippen LogP contribution in [0.2, 0.25) is 0 Å². The van der Waals surface area contributed by atoms with E-state index in [-0.39, 0.29) is 17.8 Å². The Hall–Kier alpha value is -2.74. The van der Waals surface area contributed by atoms with Crippen molar-refractivity contribution < 1.29 is 4.92 Å². The maximum Gasteiger partial charge on any atom is 0.273 e. The van der Waals surface area contributed by atoms with Crippen molar-refractivity contribution >= 4 is 11.4 Å². The highest BCUT2D eigenvalue weighted by atomic mass is 16.6. The number of hydrogen-bond acceptors (Lipinski definition) is 6. The minimum atomic E-state index is -0.518. The lowest BCUT2D eigenvalue weighted by Gasteiger charge is -2.12. The van der Waals surface area contributed by atoms with E-state index in [2.05, 4.69) is 10.4 Å². The lowest BCUT2D eigenvalue weighted by Crippen LogP contribution is -2.24. The van der Waals surface area contributed by atoms with Crippen LogP contribution < -0.4 is 16.6 Å². The van der Waals surface area contributed by atoms with Crippen LogP contribution in [0, 0.1) is 10.1 Å². The van der Waals surface area contributed by atoms with Crippen molar-refractivity contribution in [3.8, 4) is 5.69 Å². The third kappa shape index (κ3) is 3.29. The Morgan fingerprint density at radius 1 is 1.41 bits per heavy atom. The third-order valence-corrected chi connectivity index (χ3v) is 3.05. The van der Waals surface area contributed by atoms with Crippen LogP contribution in [-0.4, -0.2) is 21.2 Å². The summed E-state index contributed by atoms with van der Waals surface area (Å²) in [4.78, 5) is 22.5. The van der Waals surface area contributed by atoms with Crippen molar-refractivity contribution in [2.24, 2.45) is 5.73 Å². The van der Waals surface area contributed by atoms with E-state index in [0.29, 0.717) is 23.6 Å². The van der Waals surface area contributed by atoms with Gasteiger partial charge in [0, 0.05) is 31.3 Å². The van der Waals surface area contributed by atoms with Gasteiger partial charge >= 0.3 is 0 Å². The maximum absolute atomic E-state index is 12.2. The molecule has 0 fully saturated rings. The summed E-state index contributed by atoms with van der Waals surface area (Å²) in [5, 5.41) is 18.1. The van der Waals surface area contributed by atoms with Gasteiger partial charge in [-0.15, -0.1) is 0 Å². The SMILES string of the molecule is CCCNc1cc(=O)n(-c2cccc([N+](=O)[O-])c2)nc1CN. The minimum absolute atomic E-state index is 0.103. The van der Waals surface area contributed by atoms with Gasteiger partial charge < -0.3 is 11.1 Å². The molecular weight excluding hydrogens is 286 g/mol. The molecule has 0 amide bonds. The van der Waals surface area contributed by atoms with Gasteiger partial charge in [-0.1, -0.05) is 13.0 Å². The fourth-order valence-corrected chi connectivity index (χ4v) is 1.98. The molecule has 0 bridgehead atoms. The molecule has 1 heterocycles. The Kier molecular flexibility index (Phi) is 4.84. The van der Waals surface area contributed by atoms with Gasteiger partial charge in [-0.25, -0.2) is 0 Å². The van der Waals surface area contributed by atoms with E-state index in [9.17, 15) is 14.9 Å². The highest BCUT2D eigenvalue weighted by Gasteiger charge is 2.12. The summed E-state index contributed by atoms with van der Waals surface area (Å²) in [5.41, 5.74) is 6.64. The first-order valence-electron chi connectivity index (χ1n) is 6.88. The fraction of sp³-hybridized carbons (Fsp3) is 0.286. The Morgan fingerprint density at radius 3 is 2.82 bits per heavy atom. The summed E-state index contributed by atoms with van der Waals surface area (Å²) in [6, 6.07) is 7.15. The van der Waals surface area contributed by atoms with E-state index < -0.39 is 4.92 Å². The van der Waals surface area contributed by atoms with Crippen LogP contribution in [0.1, 0.15) is 19.0 Å². The molecule has 0 atom stereocenters. The minimum Gasteiger partial charge on any atom is -0.383 e. The zero-order valence-corrected chi connectivity index (χ0v) is 12.2. The lowest BCUT2D eigenvalue weighted by atomic mass is 10.2. The van der Waals surface area contributed by atoms with Crippen LogP contribution >= 0.6 is 0 Å². The zero-order valence-electron chi connectivity index (χ0n) is 12.2. The van der Waals surface area contributed by atoms with Crippen LogP contribution in [-0.2, 0) is 6.54 Å². The highest BCUT2D eigenvalue weighted by molar-refractivity contribution is 5.48. The number of nitro groups is 1. The van der Waals surface area contributed by atoms with Gasteiger partial charge in [0.15, 0.2) is 0 Å². The van der Waals surface area contributed by atoms with E-state index in [1.807, 2.05) is 6.92 Å². The molecule has 1 aromatic carbocycles. The monoisotopic (exact) mass is 303 g/mol.